The van der Waals surface area contributed by atoms with Gasteiger partial charge >= 0.3 is 5.97 Å². The quantitative estimate of drug-likeness (QED) is 0.572. The second kappa shape index (κ2) is 7.29. The minimum absolute atomic E-state index is 0.240. The van der Waals surface area contributed by atoms with Crippen LogP contribution in [0.4, 0.5) is 0 Å². The predicted octanol–water partition coefficient (Wildman–Crippen LogP) is 3.54. The summed E-state index contributed by atoms with van der Waals surface area (Å²) in [6.07, 6.45) is 7.36. The lowest BCUT2D eigenvalue weighted by molar-refractivity contribution is 0.0697. The van der Waals surface area contributed by atoms with Crippen LogP contribution in [0, 0.1) is 0 Å². The summed E-state index contributed by atoms with van der Waals surface area (Å²) < 4.78 is 3.83. The molecule has 27 heavy (non-hydrogen) atoms. The van der Waals surface area contributed by atoms with Gasteiger partial charge in [0.2, 0.25) is 0 Å². The Morgan fingerprint density at radius 3 is 2.56 bits per heavy atom. The van der Waals surface area contributed by atoms with E-state index >= 15 is 0 Å². The van der Waals surface area contributed by atoms with Gasteiger partial charge in [0.15, 0.2) is 0 Å². The monoisotopic (exact) mass is 358 g/mol. The highest BCUT2D eigenvalue weighted by Crippen LogP contribution is 2.23. The molecule has 1 N–H and O–H groups in total. The number of nitrogens with zero attached hydrogens (tertiary/aromatic N) is 4. The Morgan fingerprint density at radius 1 is 0.963 bits per heavy atom. The Morgan fingerprint density at radius 2 is 1.74 bits per heavy atom. The first kappa shape index (κ1) is 16.8. The van der Waals surface area contributed by atoms with Crippen LogP contribution in [0.2, 0.25) is 0 Å². The van der Waals surface area contributed by atoms with Gasteiger partial charge in [-0.15, -0.1) is 0 Å². The molecule has 0 saturated heterocycles. The summed E-state index contributed by atoms with van der Waals surface area (Å²) in [5, 5.41) is 13.9. The van der Waals surface area contributed by atoms with Crippen molar-refractivity contribution in [3.05, 3.63) is 96.1 Å². The molecule has 0 saturated carbocycles. The lowest BCUT2D eigenvalue weighted by atomic mass is 10.1. The number of hydrogen-bond donors (Lipinski definition) is 1. The molecule has 6 heteroatoms. The largest absolute Gasteiger partial charge is 0.478 e. The first-order valence-electron chi connectivity index (χ1n) is 8.60. The van der Waals surface area contributed by atoms with Crippen LogP contribution in [0.1, 0.15) is 21.5 Å². The minimum atomic E-state index is -0.962. The SMILES string of the molecule is O=C(O)c1ccccc1-c1nccn1Cc1cnn(Cc2ccccc2)c1. The molecule has 2 aromatic carbocycles. The fraction of sp³-hybridized carbons (Fsp3) is 0.0952. The van der Waals surface area contributed by atoms with Crippen LogP contribution in [0.5, 0.6) is 0 Å². The molecule has 0 fully saturated rings. The Balaban J connectivity index is 1.57. The van der Waals surface area contributed by atoms with Crippen molar-refractivity contribution in [1.82, 2.24) is 19.3 Å². The Hall–Kier alpha value is -3.67. The average molecular weight is 358 g/mol. The van der Waals surface area contributed by atoms with E-state index < -0.39 is 5.97 Å². The maximum absolute atomic E-state index is 11.5. The molecule has 0 aliphatic heterocycles. The molecule has 0 spiro atoms. The van der Waals surface area contributed by atoms with Crippen molar-refractivity contribution in [3.63, 3.8) is 0 Å². The zero-order valence-corrected chi connectivity index (χ0v) is 14.6. The van der Waals surface area contributed by atoms with Crippen LogP contribution < -0.4 is 0 Å². The second-order valence-electron chi connectivity index (χ2n) is 6.26. The highest BCUT2D eigenvalue weighted by atomic mass is 16.4. The van der Waals surface area contributed by atoms with Crippen molar-refractivity contribution in [2.75, 3.05) is 0 Å². The van der Waals surface area contributed by atoms with E-state index in [0.717, 1.165) is 5.56 Å². The summed E-state index contributed by atoms with van der Waals surface area (Å²) in [6.45, 7) is 1.28. The molecular weight excluding hydrogens is 340 g/mol. The molecule has 2 aromatic heterocycles. The van der Waals surface area contributed by atoms with E-state index in [1.807, 2.05) is 52.1 Å². The van der Waals surface area contributed by atoms with Crippen molar-refractivity contribution >= 4 is 5.97 Å². The highest BCUT2D eigenvalue weighted by molar-refractivity contribution is 5.95. The smallest absolute Gasteiger partial charge is 0.336 e. The van der Waals surface area contributed by atoms with E-state index in [1.54, 1.807) is 24.4 Å². The molecule has 2 heterocycles. The number of benzene rings is 2. The summed E-state index contributed by atoms with van der Waals surface area (Å²) in [6, 6.07) is 17.1. The number of rotatable bonds is 6. The molecule has 4 rings (SSSR count). The van der Waals surface area contributed by atoms with Crippen LogP contribution in [0.15, 0.2) is 79.4 Å². The van der Waals surface area contributed by atoms with Gasteiger partial charge in [-0.1, -0.05) is 48.5 Å². The van der Waals surface area contributed by atoms with Crippen LogP contribution in [0.25, 0.3) is 11.4 Å². The van der Waals surface area contributed by atoms with Crippen molar-refractivity contribution in [2.45, 2.75) is 13.1 Å². The lowest BCUT2D eigenvalue weighted by Crippen LogP contribution is -2.05. The van der Waals surface area contributed by atoms with Gasteiger partial charge in [-0.25, -0.2) is 9.78 Å². The van der Waals surface area contributed by atoms with Crippen LogP contribution in [-0.4, -0.2) is 30.4 Å². The minimum Gasteiger partial charge on any atom is -0.478 e. The maximum atomic E-state index is 11.5. The van der Waals surface area contributed by atoms with Crippen molar-refractivity contribution < 1.29 is 9.90 Å². The van der Waals surface area contributed by atoms with E-state index in [-0.39, 0.29) is 5.56 Å². The van der Waals surface area contributed by atoms with Crippen LogP contribution in [0.3, 0.4) is 0 Å². The van der Waals surface area contributed by atoms with E-state index in [1.165, 1.54) is 5.56 Å². The predicted molar refractivity (Wildman–Crippen MR) is 101 cm³/mol. The molecule has 0 radical (unpaired) electrons. The van der Waals surface area contributed by atoms with Gasteiger partial charge in [0.1, 0.15) is 5.82 Å². The maximum Gasteiger partial charge on any atom is 0.336 e. The Labute approximate surface area is 156 Å². The number of aromatic carboxylic acids is 1. The normalized spacial score (nSPS) is 10.8. The molecule has 0 aliphatic rings. The third-order valence-electron chi connectivity index (χ3n) is 4.34. The standard InChI is InChI=1S/C21H18N4O2/c26-21(27)19-9-5-4-8-18(19)20-22-10-11-24(20)13-17-12-23-25(15-17)14-16-6-2-1-3-7-16/h1-12,15H,13-14H2,(H,26,27). The zero-order chi connectivity index (χ0) is 18.6. The average Bonchev–Trinajstić information content (AvgIpc) is 3.32. The van der Waals surface area contributed by atoms with E-state index in [4.69, 9.17) is 0 Å². The first-order chi connectivity index (χ1) is 13.2. The summed E-state index contributed by atoms with van der Waals surface area (Å²) in [5.74, 6) is -0.334. The van der Waals surface area contributed by atoms with Gasteiger partial charge in [-0.3, -0.25) is 4.68 Å². The fourth-order valence-electron chi connectivity index (χ4n) is 3.09. The molecular formula is C21H18N4O2. The third-order valence-corrected chi connectivity index (χ3v) is 4.34. The molecule has 4 aromatic rings. The van der Waals surface area contributed by atoms with Gasteiger partial charge in [0.25, 0.3) is 0 Å². The third kappa shape index (κ3) is 3.64. The summed E-state index contributed by atoms with van der Waals surface area (Å²) in [7, 11) is 0. The van der Waals surface area contributed by atoms with Gasteiger partial charge in [0.05, 0.1) is 24.8 Å². The molecule has 134 valence electrons. The van der Waals surface area contributed by atoms with E-state index in [9.17, 15) is 9.90 Å². The number of aromatic nitrogens is 4. The Bertz CT molecular complexity index is 1070. The van der Waals surface area contributed by atoms with Gasteiger partial charge in [0, 0.05) is 29.7 Å². The fourth-order valence-corrected chi connectivity index (χ4v) is 3.09. The Kier molecular flexibility index (Phi) is 4.53. The molecule has 0 aliphatic carbocycles. The second-order valence-corrected chi connectivity index (χ2v) is 6.26. The van der Waals surface area contributed by atoms with Crippen molar-refractivity contribution in [1.29, 1.82) is 0 Å². The zero-order valence-electron chi connectivity index (χ0n) is 14.6. The number of hydrogen-bond acceptors (Lipinski definition) is 3. The summed E-state index contributed by atoms with van der Waals surface area (Å²) in [5.41, 5.74) is 3.06. The topological polar surface area (TPSA) is 72.9 Å². The molecule has 6 nitrogen and oxygen atoms in total. The van der Waals surface area contributed by atoms with E-state index in [0.29, 0.717) is 24.5 Å². The number of imidazole rings is 1. The van der Waals surface area contributed by atoms with Gasteiger partial charge in [-0.2, -0.15) is 5.10 Å². The van der Waals surface area contributed by atoms with Crippen LogP contribution >= 0.6 is 0 Å². The van der Waals surface area contributed by atoms with Crippen molar-refractivity contribution in [2.24, 2.45) is 0 Å². The summed E-state index contributed by atoms with van der Waals surface area (Å²) >= 11 is 0. The molecule has 0 amide bonds. The molecule has 0 bridgehead atoms. The molecule has 0 atom stereocenters. The lowest BCUT2D eigenvalue weighted by Gasteiger charge is -2.09. The van der Waals surface area contributed by atoms with Gasteiger partial charge in [-0.05, 0) is 11.6 Å². The van der Waals surface area contributed by atoms with Crippen molar-refractivity contribution in [3.8, 4) is 11.4 Å². The summed E-state index contributed by atoms with van der Waals surface area (Å²) in [4.78, 5) is 15.9. The highest BCUT2D eigenvalue weighted by Gasteiger charge is 2.15. The van der Waals surface area contributed by atoms with Crippen LogP contribution in [-0.2, 0) is 13.1 Å². The molecule has 0 unspecified atom stereocenters. The number of carbonyl (C=O) groups is 1. The number of carboxylic acid groups (broad SMARTS) is 1. The first-order valence-corrected chi connectivity index (χ1v) is 8.60. The van der Waals surface area contributed by atoms with E-state index in [2.05, 4.69) is 22.2 Å². The number of carboxylic acids is 1. The van der Waals surface area contributed by atoms with Gasteiger partial charge < -0.3 is 9.67 Å².